The Bertz CT molecular complexity index is 1150. The van der Waals surface area contributed by atoms with Crippen molar-refractivity contribution < 1.29 is 19.1 Å². The van der Waals surface area contributed by atoms with Crippen molar-refractivity contribution >= 4 is 50.6 Å². The van der Waals surface area contributed by atoms with E-state index in [9.17, 15) is 9.59 Å². The number of amides is 2. The first-order valence-corrected chi connectivity index (χ1v) is 10.9. The van der Waals surface area contributed by atoms with Crippen molar-refractivity contribution in [1.29, 1.82) is 0 Å². The molecule has 6 nitrogen and oxygen atoms in total. The Morgan fingerprint density at radius 2 is 1.87 bits per heavy atom. The van der Waals surface area contributed by atoms with Gasteiger partial charge in [-0.3, -0.25) is 14.6 Å². The van der Waals surface area contributed by atoms with Gasteiger partial charge < -0.3 is 9.47 Å². The van der Waals surface area contributed by atoms with Gasteiger partial charge in [-0.05, 0) is 75.7 Å². The van der Waals surface area contributed by atoms with Crippen molar-refractivity contribution in [2.75, 3.05) is 12.0 Å². The van der Waals surface area contributed by atoms with Crippen molar-refractivity contribution in [1.82, 2.24) is 4.98 Å². The first-order valence-electron chi connectivity index (χ1n) is 9.30. The van der Waals surface area contributed by atoms with Gasteiger partial charge in [0.1, 0.15) is 6.61 Å². The number of carbonyl (C=O) groups is 2. The minimum absolute atomic E-state index is 0.283. The molecular weight excluding hydrogens is 480 g/mol. The standard InChI is InChI=1S/C23H17BrN2O4S/c1-29-19-12-15(11-18(24)21(19)30-14-16-7-5-6-10-25-16)13-20-22(27)26(23(28)31-20)17-8-3-2-4-9-17/h2-13H,14H2,1H3/b20-13-. The van der Waals surface area contributed by atoms with Gasteiger partial charge in [-0.2, -0.15) is 0 Å². The number of hydrogen-bond acceptors (Lipinski definition) is 6. The molecule has 1 aliphatic heterocycles. The van der Waals surface area contributed by atoms with Gasteiger partial charge in [-0.1, -0.05) is 24.3 Å². The van der Waals surface area contributed by atoms with E-state index < -0.39 is 0 Å². The number of methoxy groups -OCH3 is 1. The lowest BCUT2D eigenvalue weighted by molar-refractivity contribution is -0.113. The summed E-state index contributed by atoms with van der Waals surface area (Å²) >= 11 is 4.42. The number of aromatic nitrogens is 1. The molecule has 1 saturated heterocycles. The molecule has 31 heavy (non-hydrogen) atoms. The smallest absolute Gasteiger partial charge is 0.298 e. The Hall–Kier alpha value is -3.10. The molecule has 2 heterocycles. The molecule has 0 radical (unpaired) electrons. The number of rotatable bonds is 6. The van der Waals surface area contributed by atoms with E-state index in [1.807, 2.05) is 30.3 Å². The maximum Gasteiger partial charge on any atom is 0.298 e. The summed E-state index contributed by atoms with van der Waals surface area (Å²) in [5.74, 6) is 0.674. The molecule has 4 rings (SSSR count). The number of carbonyl (C=O) groups excluding carboxylic acids is 2. The van der Waals surface area contributed by atoms with Crippen LogP contribution in [-0.4, -0.2) is 23.2 Å². The third-order valence-corrected chi connectivity index (χ3v) is 5.91. The molecule has 0 saturated carbocycles. The average molecular weight is 497 g/mol. The summed E-state index contributed by atoms with van der Waals surface area (Å²) in [6.45, 7) is 0.283. The highest BCUT2D eigenvalue weighted by Crippen LogP contribution is 2.40. The average Bonchev–Trinajstić information content (AvgIpc) is 3.06. The minimum atomic E-state index is -0.355. The SMILES string of the molecule is COc1cc(/C=C2\SC(=O)N(c3ccccc3)C2=O)cc(Br)c1OCc1ccccn1. The predicted molar refractivity (Wildman–Crippen MR) is 124 cm³/mol. The van der Waals surface area contributed by atoms with Gasteiger partial charge in [0.2, 0.25) is 0 Å². The molecule has 156 valence electrons. The number of halogens is 1. The normalized spacial score (nSPS) is 14.9. The number of thioether (sulfide) groups is 1. The first-order chi connectivity index (χ1) is 15.1. The number of benzene rings is 2. The Morgan fingerprint density at radius 1 is 1.10 bits per heavy atom. The molecule has 0 spiro atoms. The second-order valence-corrected chi connectivity index (χ2v) is 8.34. The number of para-hydroxylation sites is 1. The zero-order valence-electron chi connectivity index (χ0n) is 16.4. The van der Waals surface area contributed by atoms with Crippen LogP contribution in [-0.2, 0) is 11.4 Å². The Morgan fingerprint density at radius 3 is 2.58 bits per heavy atom. The maximum atomic E-state index is 12.8. The van der Waals surface area contributed by atoms with Gasteiger partial charge in [0, 0.05) is 6.20 Å². The van der Waals surface area contributed by atoms with E-state index >= 15 is 0 Å². The summed E-state index contributed by atoms with van der Waals surface area (Å²) in [5.41, 5.74) is 2.04. The van der Waals surface area contributed by atoms with Gasteiger partial charge in [-0.15, -0.1) is 0 Å². The molecule has 0 atom stereocenters. The Kier molecular flexibility index (Phi) is 6.39. The molecule has 3 aromatic rings. The van der Waals surface area contributed by atoms with Crippen LogP contribution in [0.15, 0.2) is 76.2 Å². The van der Waals surface area contributed by atoms with Crippen molar-refractivity contribution in [3.05, 3.63) is 87.5 Å². The molecule has 1 fully saturated rings. The van der Waals surface area contributed by atoms with Crippen LogP contribution in [0.3, 0.4) is 0 Å². The van der Waals surface area contributed by atoms with Crippen LogP contribution in [0.25, 0.3) is 6.08 Å². The summed E-state index contributed by atoms with van der Waals surface area (Å²) in [6.07, 6.45) is 3.38. The van der Waals surface area contributed by atoms with Crippen molar-refractivity contribution in [2.24, 2.45) is 0 Å². The van der Waals surface area contributed by atoms with E-state index in [0.717, 1.165) is 17.5 Å². The fourth-order valence-corrected chi connectivity index (χ4v) is 4.43. The molecule has 2 aromatic carbocycles. The highest BCUT2D eigenvalue weighted by Gasteiger charge is 2.36. The second kappa shape index (κ2) is 9.36. The van der Waals surface area contributed by atoms with Crippen molar-refractivity contribution in [3.8, 4) is 11.5 Å². The summed E-state index contributed by atoms with van der Waals surface area (Å²) in [4.78, 5) is 31.0. The van der Waals surface area contributed by atoms with Crippen LogP contribution >= 0.6 is 27.7 Å². The van der Waals surface area contributed by atoms with Gasteiger partial charge in [0.05, 0.1) is 27.9 Å². The summed E-state index contributed by atoms with van der Waals surface area (Å²) < 4.78 is 12.0. The van der Waals surface area contributed by atoms with E-state index in [1.165, 1.54) is 4.90 Å². The molecular formula is C23H17BrN2O4S. The molecule has 2 amide bonds. The van der Waals surface area contributed by atoms with Gasteiger partial charge >= 0.3 is 0 Å². The minimum Gasteiger partial charge on any atom is -0.493 e. The summed E-state index contributed by atoms with van der Waals surface area (Å²) in [5, 5.41) is -0.330. The monoisotopic (exact) mass is 496 g/mol. The zero-order valence-corrected chi connectivity index (χ0v) is 18.9. The maximum absolute atomic E-state index is 12.8. The van der Waals surface area contributed by atoms with Gasteiger partial charge in [-0.25, -0.2) is 4.90 Å². The molecule has 1 aliphatic rings. The third kappa shape index (κ3) is 4.65. The topological polar surface area (TPSA) is 68.7 Å². The Balaban J connectivity index is 1.59. The third-order valence-electron chi connectivity index (χ3n) is 4.45. The van der Waals surface area contributed by atoms with E-state index in [2.05, 4.69) is 20.9 Å². The number of nitrogens with zero attached hydrogens (tertiary/aromatic N) is 2. The summed E-state index contributed by atoms with van der Waals surface area (Å²) in [7, 11) is 1.54. The fraction of sp³-hybridized carbons (Fsp3) is 0.0870. The highest BCUT2D eigenvalue weighted by atomic mass is 79.9. The first kappa shape index (κ1) is 21.1. The quantitative estimate of drug-likeness (QED) is 0.409. The lowest BCUT2D eigenvalue weighted by Crippen LogP contribution is -2.27. The predicted octanol–water partition coefficient (Wildman–Crippen LogP) is 5.67. The summed E-state index contributed by atoms with van der Waals surface area (Å²) in [6, 6.07) is 18.0. The van der Waals surface area contributed by atoms with Gasteiger partial charge in [0.25, 0.3) is 11.1 Å². The lowest BCUT2D eigenvalue weighted by atomic mass is 10.1. The second-order valence-electron chi connectivity index (χ2n) is 6.50. The van der Waals surface area contributed by atoms with Gasteiger partial charge in [0.15, 0.2) is 11.5 Å². The van der Waals surface area contributed by atoms with Crippen LogP contribution in [0.1, 0.15) is 11.3 Å². The Labute approximate surface area is 192 Å². The van der Waals surface area contributed by atoms with Crippen LogP contribution in [0.5, 0.6) is 11.5 Å². The molecule has 0 N–H and O–H groups in total. The van der Waals surface area contributed by atoms with E-state index in [0.29, 0.717) is 32.1 Å². The van der Waals surface area contributed by atoms with E-state index in [-0.39, 0.29) is 17.8 Å². The lowest BCUT2D eigenvalue weighted by Gasteiger charge is -2.13. The molecule has 0 aliphatic carbocycles. The van der Waals surface area contributed by atoms with Crippen LogP contribution in [0, 0.1) is 0 Å². The molecule has 8 heteroatoms. The fourth-order valence-electron chi connectivity index (χ4n) is 3.01. The van der Waals surface area contributed by atoms with E-state index in [1.54, 1.807) is 49.7 Å². The van der Waals surface area contributed by atoms with Crippen LogP contribution in [0.4, 0.5) is 10.5 Å². The number of pyridine rings is 1. The zero-order chi connectivity index (χ0) is 21.8. The van der Waals surface area contributed by atoms with Crippen molar-refractivity contribution in [2.45, 2.75) is 6.61 Å². The number of anilines is 1. The van der Waals surface area contributed by atoms with Crippen LogP contribution in [0.2, 0.25) is 0 Å². The number of imide groups is 1. The van der Waals surface area contributed by atoms with Crippen LogP contribution < -0.4 is 14.4 Å². The molecule has 1 aromatic heterocycles. The molecule has 0 bridgehead atoms. The molecule has 0 unspecified atom stereocenters. The van der Waals surface area contributed by atoms with E-state index in [4.69, 9.17) is 9.47 Å². The number of ether oxygens (including phenoxy) is 2. The number of hydrogen-bond donors (Lipinski definition) is 0. The highest BCUT2D eigenvalue weighted by molar-refractivity contribution is 9.10. The van der Waals surface area contributed by atoms with Crippen molar-refractivity contribution in [3.63, 3.8) is 0 Å². The largest absolute Gasteiger partial charge is 0.493 e.